The van der Waals surface area contributed by atoms with E-state index < -0.39 is 0 Å². The van der Waals surface area contributed by atoms with Crippen molar-refractivity contribution in [2.75, 3.05) is 0 Å². The van der Waals surface area contributed by atoms with Crippen LogP contribution < -0.4 is 0 Å². The van der Waals surface area contributed by atoms with Crippen LogP contribution in [0.15, 0.2) is 255 Å². The second-order valence-electron chi connectivity index (χ2n) is 23.6. The molecule has 9 heterocycles. The molecule has 9 aromatic heterocycles. The Balaban J connectivity index is 0.000000108. The largest absolute Gasteiger partial charge is 0.455 e. The van der Waals surface area contributed by atoms with Crippen LogP contribution in [0.2, 0.25) is 0 Å². The molecule has 0 fully saturated rings. The molecule has 16 rings (SSSR count). The Morgan fingerprint density at radius 2 is 0.682 bits per heavy atom. The van der Waals surface area contributed by atoms with E-state index in [1.54, 1.807) is 6.20 Å². The summed E-state index contributed by atoms with van der Waals surface area (Å²) in [5.41, 5.74) is 22.7. The van der Waals surface area contributed by atoms with Crippen molar-refractivity contribution >= 4 is 88.0 Å². The van der Waals surface area contributed by atoms with Gasteiger partial charge in [0.05, 0.1) is 5.69 Å². The normalized spacial score (nSPS) is 11.6. The van der Waals surface area contributed by atoms with Crippen molar-refractivity contribution in [2.45, 2.75) is 79.1 Å². The lowest BCUT2D eigenvalue weighted by Crippen LogP contribution is -1.90. The zero-order valence-electron chi connectivity index (χ0n) is 50.7. The molecule has 0 spiro atoms. The van der Waals surface area contributed by atoms with Crippen molar-refractivity contribution in [2.24, 2.45) is 0 Å². The first kappa shape index (κ1) is 56.6. The van der Waals surface area contributed by atoms with E-state index >= 15 is 0 Å². The molecule has 0 saturated heterocycles. The van der Waals surface area contributed by atoms with Crippen LogP contribution in [-0.2, 0) is 0 Å². The third-order valence-corrected chi connectivity index (χ3v) is 16.5. The Kier molecular flexibility index (Phi) is 15.7. The molecule has 0 aliphatic rings. The Labute approximate surface area is 511 Å². The highest BCUT2D eigenvalue weighted by Gasteiger charge is 2.18. The van der Waals surface area contributed by atoms with Gasteiger partial charge in [0.25, 0.3) is 0 Å². The number of pyridine rings is 5. The van der Waals surface area contributed by atoms with Gasteiger partial charge in [0.2, 0.25) is 0 Å². The number of furan rings is 4. The predicted octanol–water partition coefficient (Wildman–Crippen LogP) is 22.5. The summed E-state index contributed by atoms with van der Waals surface area (Å²) < 4.78 is 24.2. The molecule has 9 nitrogen and oxygen atoms in total. The minimum atomic E-state index is 0.479. The Hall–Kier alpha value is -10.5. The van der Waals surface area contributed by atoms with Crippen molar-refractivity contribution in [3.05, 3.63) is 260 Å². The molecule has 88 heavy (non-hydrogen) atoms. The molecule has 432 valence electrons. The van der Waals surface area contributed by atoms with Gasteiger partial charge < -0.3 is 17.7 Å². The van der Waals surface area contributed by atoms with Gasteiger partial charge in [-0.3, -0.25) is 24.9 Å². The fourth-order valence-electron chi connectivity index (χ4n) is 11.4. The lowest BCUT2D eigenvalue weighted by Gasteiger charge is -2.07. The summed E-state index contributed by atoms with van der Waals surface area (Å²) in [7, 11) is 0. The molecular formula is C79H67N5O4. The number of hydrogen-bond donors (Lipinski definition) is 0. The van der Waals surface area contributed by atoms with E-state index in [2.05, 4.69) is 183 Å². The molecule has 0 bridgehead atoms. The van der Waals surface area contributed by atoms with Gasteiger partial charge in [-0.15, -0.1) is 0 Å². The number of aromatic nitrogens is 5. The molecule has 0 N–H and O–H groups in total. The maximum Gasteiger partial charge on any atom is 0.161 e. The van der Waals surface area contributed by atoms with E-state index in [9.17, 15) is 0 Å². The minimum absolute atomic E-state index is 0.479. The van der Waals surface area contributed by atoms with Gasteiger partial charge in [0, 0.05) is 97.9 Å². The maximum atomic E-state index is 6.08. The second-order valence-corrected chi connectivity index (χ2v) is 23.6. The van der Waals surface area contributed by atoms with Crippen LogP contribution in [0.5, 0.6) is 0 Å². The first-order chi connectivity index (χ1) is 42.9. The molecule has 0 aliphatic carbocycles. The maximum absolute atomic E-state index is 6.08. The zero-order chi connectivity index (χ0) is 60.4. The van der Waals surface area contributed by atoms with Crippen molar-refractivity contribution in [1.29, 1.82) is 0 Å². The zero-order valence-corrected chi connectivity index (χ0v) is 50.7. The summed E-state index contributed by atoms with van der Waals surface area (Å²) in [5.74, 6) is 2.09. The molecule has 16 aromatic rings. The topological polar surface area (TPSA) is 117 Å². The Bertz CT molecular complexity index is 4440. The number of benzene rings is 7. The quantitative estimate of drug-likeness (QED) is 0.147. The number of hydrogen-bond acceptors (Lipinski definition) is 9. The van der Waals surface area contributed by atoms with Gasteiger partial charge >= 0.3 is 0 Å². The Morgan fingerprint density at radius 3 is 1.19 bits per heavy atom. The van der Waals surface area contributed by atoms with Crippen LogP contribution in [-0.4, -0.2) is 24.9 Å². The monoisotopic (exact) mass is 1150 g/mol. The summed E-state index contributed by atoms with van der Waals surface area (Å²) in [6.07, 6.45) is 13.1. The van der Waals surface area contributed by atoms with Gasteiger partial charge in [-0.1, -0.05) is 189 Å². The van der Waals surface area contributed by atoms with Crippen molar-refractivity contribution < 1.29 is 17.7 Å². The highest BCUT2D eigenvalue weighted by molar-refractivity contribution is 6.11. The van der Waals surface area contributed by atoms with Gasteiger partial charge in [0.1, 0.15) is 44.5 Å². The summed E-state index contributed by atoms with van der Waals surface area (Å²) in [6, 6.07) is 66.5. The number of rotatable bonds is 8. The highest BCUT2D eigenvalue weighted by atomic mass is 16.3. The average Bonchev–Trinajstić information content (AvgIpc) is 3.08. The fraction of sp³-hybridized carbons (Fsp3) is 0.152. The van der Waals surface area contributed by atoms with E-state index in [1.807, 2.05) is 128 Å². The molecule has 7 aromatic carbocycles. The first-order valence-electron chi connectivity index (χ1n) is 30.3. The van der Waals surface area contributed by atoms with Crippen LogP contribution in [0, 0.1) is 0 Å². The molecule has 0 unspecified atom stereocenters. The predicted molar refractivity (Wildman–Crippen MR) is 362 cm³/mol. The molecule has 0 amide bonds. The summed E-state index contributed by atoms with van der Waals surface area (Å²) in [5, 5.41) is 6.47. The summed E-state index contributed by atoms with van der Waals surface area (Å²) in [4.78, 5) is 22.4. The third kappa shape index (κ3) is 11.2. The van der Waals surface area contributed by atoms with Crippen LogP contribution in [0.4, 0.5) is 0 Å². The van der Waals surface area contributed by atoms with Gasteiger partial charge in [-0.05, 0) is 123 Å². The third-order valence-electron chi connectivity index (χ3n) is 16.5. The van der Waals surface area contributed by atoms with Crippen molar-refractivity contribution in [1.82, 2.24) is 24.9 Å². The van der Waals surface area contributed by atoms with Crippen molar-refractivity contribution in [3.63, 3.8) is 0 Å². The lowest BCUT2D eigenvalue weighted by molar-refractivity contribution is 0.668. The molecular weight excluding hydrogens is 1080 g/mol. The highest BCUT2D eigenvalue weighted by Crippen LogP contribution is 2.39. The van der Waals surface area contributed by atoms with Crippen LogP contribution in [0.25, 0.3) is 133 Å². The van der Waals surface area contributed by atoms with E-state index in [0.29, 0.717) is 23.7 Å². The number of para-hydroxylation sites is 4. The van der Waals surface area contributed by atoms with E-state index in [-0.39, 0.29) is 0 Å². The second kappa shape index (κ2) is 24.5. The van der Waals surface area contributed by atoms with Gasteiger partial charge in [-0.2, -0.15) is 0 Å². The van der Waals surface area contributed by atoms with Gasteiger partial charge in [-0.25, -0.2) is 0 Å². The lowest BCUT2D eigenvalue weighted by atomic mass is 9.99. The number of nitrogens with zero attached hydrogens (tertiary/aromatic N) is 5. The molecule has 0 radical (unpaired) electrons. The number of fused-ring (bicyclic) bond motifs is 12. The minimum Gasteiger partial charge on any atom is -0.455 e. The van der Waals surface area contributed by atoms with Crippen LogP contribution in [0.3, 0.4) is 0 Å². The SMILES string of the molecule is CC(C)c1ccc(-c2cccc3c2oc2cccnc23)nc1.CC(C)c1ccc(-c2ccnc3c2oc2ccccc23)cc1.CC(C)c1ccc(-c2cncc3c2oc2ccccc23)cc1.CC(C)c1ccc(-c2cncc3c2oc2ccccc23)cc1. The standard InChI is InChI=1S/3C20H17NO.C19H16N2O/c2*1-13(2)14-7-9-15(10-8-14)17-11-21-12-18-16-5-3-4-6-19(16)22-20(17)18;1-13(2)14-7-9-15(10-8-14)16-11-12-21-19-17-5-3-4-6-18(17)22-20(16)19;1-12(2)13-8-9-16(21-11-13)14-5-3-6-15-18-17(22-19(14)15)7-4-10-20-18/h3*3-13H,1-2H3;3-12H,1-2H3. The molecule has 0 aliphatic heterocycles. The first-order valence-corrected chi connectivity index (χ1v) is 30.3. The smallest absolute Gasteiger partial charge is 0.161 e. The molecule has 9 heteroatoms. The van der Waals surface area contributed by atoms with Crippen LogP contribution >= 0.6 is 0 Å². The molecule has 0 saturated carbocycles. The van der Waals surface area contributed by atoms with E-state index in [0.717, 1.165) is 133 Å². The van der Waals surface area contributed by atoms with Crippen LogP contribution in [0.1, 0.15) is 101 Å². The van der Waals surface area contributed by atoms with Gasteiger partial charge in [0.15, 0.2) is 11.2 Å². The molecule has 0 atom stereocenters. The average molecular weight is 1150 g/mol. The van der Waals surface area contributed by atoms with E-state index in [4.69, 9.17) is 17.7 Å². The van der Waals surface area contributed by atoms with Crippen molar-refractivity contribution in [3.8, 4) is 44.6 Å². The van der Waals surface area contributed by atoms with E-state index in [1.165, 1.54) is 22.3 Å². The summed E-state index contributed by atoms with van der Waals surface area (Å²) >= 11 is 0. The Morgan fingerprint density at radius 1 is 0.261 bits per heavy atom. The summed E-state index contributed by atoms with van der Waals surface area (Å²) in [6.45, 7) is 17.6. The fourth-order valence-corrected chi connectivity index (χ4v) is 11.4.